The fourth-order valence-electron chi connectivity index (χ4n) is 4.31. The highest BCUT2D eigenvalue weighted by molar-refractivity contribution is 7.12. The summed E-state index contributed by atoms with van der Waals surface area (Å²) in [5.41, 5.74) is 3.34. The molecule has 26 heavy (non-hydrogen) atoms. The van der Waals surface area contributed by atoms with Gasteiger partial charge in [0.05, 0.1) is 17.0 Å². The van der Waals surface area contributed by atoms with Crippen LogP contribution in [0.2, 0.25) is 0 Å². The van der Waals surface area contributed by atoms with E-state index in [1.807, 2.05) is 29.5 Å². The van der Waals surface area contributed by atoms with Crippen LogP contribution in [0.15, 0.2) is 17.6 Å². The summed E-state index contributed by atoms with van der Waals surface area (Å²) < 4.78 is 0. The van der Waals surface area contributed by atoms with Gasteiger partial charge in [0.15, 0.2) is 5.78 Å². The van der Waals surface area contributed by atoms with Crippen molar-refractivity contribution in [3.05, 3.63) is 45.2 Å². The first kappa shape index (κ1) is 17.3. The number of carbonyl (C=O) groups excluding carboxylic acids is 2. The van der Waals surface area contributed by atoms with Crippen molar-refractivity contribution in [3.8, 4) is 0 Å². The molecule has 0 aromatic carbocycles. The maximum absolute atomic E-state index is 12.9. The zero-order chi connectivity index (χ0) is 18.3. The van der Waals surface area contributed by atoms with Crippen LogP contribution in [0, 0.1) is 6.92 Å². The Morgan fingerprint density at radius 3 is 2.96 bits per heavy atom. The van der Waals surface area contributed by atoms with Gasteiger partial charge in [-0.2, -0.15) is 0 Å². The molecule has 4 rings (SSSR count). The molecule has 5 nitrogen and oxygen atoms in total. The topological polar surface area (TPSA) is 63.2 Å². The lowest BCUT2D eigenvalue weighted by atomic mass is 9.77. The van der Waals surface area contributed by atoms with E-state index in [4.69, 9.17) is 4.98 Å². The largest absolute Gasteiger partial charge is 0.341 e. The van der Waals surface area contributed by atoms with Crippen molar-refractivity contribution in [2.45, 2.75) is 51.4 Å². The van der Waals surface area contributed by atoms with Crippen molar-refractivity contribution >= 4 is 23.0 Å². The Hall–Kier alpha value is -2.08. The Labute approximate surface area is 157 Å². The first-order chi connectivity index (χ1) is 12.5. The molecule has 3 heterocycles. The van der Waals surface area contributed by atoms with E-state index < -0.39 is 0 Å². The first-order valence-corrected chi connectivity index (χ1v) is 10.0. The predicted molar refractivity (Wildman–Crippen MR) is 101 cm³/mol. The number of piperidine rings is 1. The van der Waals surface area contributed by atoms with E-state index in [-0.39, 0.29) is 17.1 Å². The molecule has 0 radical (unpaired) electrons. The summed E-state index contributed by atoms with van der Waals surface area (Å²) in [6.45, 7) is 5.05. The number of amides is 1. The molecule has 1 amide bonds. The highest BCUT2D eigenvalue weighted by Gasteiger charge is 2.44. The summed E-state index contributed by atoms with van der Waals surface area (Å²) in [6, 6.07) is 1.85. The van der Waals surface area contributed by atoms with Crippen molar-refractivity contribution < 1.29 is 9.59 Å². The van der Waals surface area contributed by atoms with Crippen LogP contribution in [0.1, 0.15) is 58.5 Å². The van der Waals surface area contributed by atoms with Gasteiger partial charge in [-0.1, -0.05) is 0 Å². The predicted octanol–water partition coefficient (Wildman–Crippen LogP) is 3.10. The van der Waals surface area contributed by atoms with Crippen molar-refractivity contribution in [1.82, 2.24) is 14.9 Å². The molecule has 6 heteroatoms. The first-order valence-electron chi connectivity index (χ1n) is 9.16. The van der Waals surface area contributed by atoms with Crippen LogP contribution in [-0.4, -0.2) is 39.6 Å². The van der Waals surface area contributed by atoms with E-state index >= 15 is 0 Å². The van der Waals surface area contributed by atoms with Crippen molar-refractivity contribution in [3.63, 3.8) is 0 Å². The molecule has 0 N–H and O–H groups in total. The van der Waals surface area contributed by atoms with Gasteiger partial charge in [0.1, 0.15) is 5.82 Å². The third-order valence-electron chi connectivity index (χ3n) is 5.65. The summed E-state index contributed by atoms with van der Waals surface area (Å²) in [5, 5.41) is 1.93. The van der Waals surface area contributed by atoms with Gasteiger partial charge in [0, 0.05) is 24.7 Å². The number of carbonyl (C=O) groups is 2. The Kier molecular flexibility index (Phi) is 4.39. The molecule has 2 aromatic heterocycles. The van der Waals surface area contributed by atoms with Gasteiger partial charge in [-0.3, -0.25) is 9.59 Å². The minimum absolute atomic E-state index is 0.00383. The smallest absolute Gasteiger partial charge is 0.227 e. The summed E-state index contributed by atoms with van der Waals surface area (Å²) in [4.78, 5) is 36.1. The van der Waals surface area contributed by atoms with E-state index in [2.05, 4.69) is 4.98 Å². The van der Waals surface area contributed by atoms with Gasteiger partial charge in [-0.05, 0) is 62.1 Å². The summed E-state index contributed by atoms with van der Waals surface area (Å²) in [7, 11) is 0. The number of hydrogen-bond acceptors (Lipinski definition) is 5. The molecule has 1 atom stereocenters. The molecule has 1 aliphatic carbocycles. The number of hydrogen-bond donors (Lipinski definition) is 0. The molecule has 1 aliphatic heterocycles. The zero-order valence-electron chi connectivity index (χ0n) is 15.2. The molecule has 1 spiro atoms. The zero-order valence-corrected chi connectivity index (χ0v) is 16.1. The Bertz CT molecular complexity index is 872. The average Bonchev–Trinajstić information content (AvgIpc) is 3.21. The lowest BCUT2D eigenvalue weighted by Gasteiger charge is -2.40. The molecule has 0 saturated carbocycles. The number of likely N-dealkylation sites (tertiary alicyclic amines) is 1. The molecule has 2 aromatic rings. The quantitative estimate of drug-likeness (QED) is 0.780. The van der Waals surface area contributed by atoms with Crippen molar-refractivity contribution in [2.24, 2.45) is 0 Å². The lowest BCUT2D eigenvalue weighted by Crippen LogP contribution is -2.48. The third-order valence-corrected chi connectivity index (χ3v) is 6.73. The number of aromatic nitrogens is 2. The summed E-state index contributed by atoms with van der Waals surface area (Å²) in [6.07, 6.45) is 6.49. The Morgan fingerprint density at radius 2 is 2.19 bits per heavy atom. The maximum atomic E-state index is 12.9. The second kappa shape index (κ2) is 6.58. The highest BCUT2D eigenvalue weighted by Crippen LogP contribution is 2.43. The van der Waals surface area contributed by atoms with E-state index in [0.29, 0.717) is 6.42 Å². The van der Waals surface area contributed by atoms with Gasteiger partial charge in [-0.15, -0.1) is 11.3 Å². The van der Waals surface area contributed by atoms with E-state index in [9.17, 15) is 9.59 Å². The summed E-state index contributed by atoms with van der Waals surface area (Å²) >= 11 is 1.42. The number of fused-ring (bicyclic) bond motifs is 2. The normalized spacial score (nSPS) is 21.8. The number of aryl methyl sites for hydroxylation is 2. The van der Waals surface area contributed by atoms with Crippen LogP contribution < -0.4 is 0 Å². The second-order valence-electron chi connectivity index (χ2n) is 7.54. The summed E-state index contributed by atoms with van der Waals surface area (Å²) in [5.74, 6) is 1.02. The van der Waals surface area contributed by atoms with Crippen LogP contribution in [0.5, 0.6) is 0 Å². The standard InChI is InChI=1S/C20H23N3O2S/c1-13(24)17-8-15(11-26-17)9-18(25)23-7-3-5-20(12-23)6-4-16-10-21-14(2)22-19(16)20/h8,10-11H,3-7,9,12H2,1-2H3. The molecule has 1 fully saturated rings. The van der Waals surface area contributed by atoms with Gasteiger partial charge in [0.25, 0.3) is 0 Å². The molecular weight excluding hydrogens is 346 g/mol. The van der Waals surface area contributed by atoms with E-state index in [1.54, 1.807) is 6.92 Å². The third kappa shape index (κ3) is 3.07. The van der Waals surface area contributed by atoms with Crippen molar-refractivity contribution in [2.75, 3.05) is 13.1 Å². The molecule has 2 aliphatic rings. The van der Waals surface area contributed by atoms with Gasteiger partial charge < -0.3 is 4.90 Å². The number of ketones is 1. The maximum Gasteiger partial charge on any atom is 0.227 e. The van der Waals surface area contributed by atoms with Crippen LogP contribution in [0.25, 0.3) is 0 Å². The van der Waals surface area contributed by atoms with E-state index in [0.717, 1.165) is 60.7 Å². The van der Waals surface area contributed by atoms with Crippen LogP contribution in [-0.2, 0) is 23.1 Å². The second-order valence-corrected chi connectivity index (χ2v) is 8.45. The number of thiophene rings is 1. The van der Waals surface area contributed by atoms with Crippen LogP contribution >= 0.6 is 11.3 Å². The van der Waals surface area contributed by atoms with Crippen molar-refractivity contribution in [1.29, 1.82) is 0 Å². The lowest BCUT2D eigenvalue weighted by molar-refractivity contribution is -0.132. The number of Topliss-reactive ketones (excluding diaryl/α,β-unsaturated/α-hetero) is 1. The minimum atomic E-state index is -0.00383. The Balaban J connectivity index is 1.51. The van der Waals surface area contributed by atoms with Gasteiger partial charge >= 0.3 is 0 Å². The Morgan fingerprint density at radius 1 is 1.35 bits per heavy atom. The fourth-order valence-corrected chi connectivity index (χ4v) is 5.13. The van der Waals surface area contributed by atoms with Crippen LogP contribution in [0.4, 0.5) is 0 Å². The fraction of sp³-hybridized carbons (Fsp3) is 0.500. The van der Waals surface area contributed by atoms with Gasteiger partial charge in [0.2, 0.25) is 5.91 Å². The number of rotatable bonds is 3. The number of nitrogens with zero attached hydrogens (tertiary/aromatic N) is 3. The minimum Gasteiger partial charge on any atom is -0.341 e. The highest BCUT2D eigenvalue weighted by atomic mass is 32.1. The molecule has 1 saturated heterocycles. The van der Waals surface area contributed by atoms with E-state index in [1.165, 1.54) is 16.9 Å². The average molecular weight is 369 g/mol. The molecule has 1 unspecified atom stereocenters. The monoisotopic (exact) mass is 369 g/mol. The van der Waals surface area contributed by atoms with Gasteiger partial charge in [-0.25, -0.2) is 9.97 Å². The van der Waals surface area contributed by atoms with Crippen LogP contribution in [0.3, 0.4) is 0 Å². The molecular formula is C20H23N3O2S. The molecule has 0 bridgehead atoms. The molecule has 136 valence electrons. The SMILES string of the molecule is CC(=O)c1cc(CC(=O)N2CCCC3(CCc4cnc(C)nc43)C2)cs1.